The maximum atomic E-state index is 13.1. The summed E-state index contributed by atoms with van der Waals surface area (Å²) in [5.41, 5.74) is 3.05. The number of likely N-dealkylation sites (N-methyl/N-ethyl adjacent to an activating group) is 1. The number of H-pyrrole nitrogens is 1. The van der Waals surface area contributed by atoms with Crippen molar-refractivity contribution >= 4 is 11.8 Å². The number of hydrogen-bond donors (Lipinski definition) is 2. The number of nitrogens with one attached hydrogen (secondary N) is 2. The van der Waals surface area contributed by atoms with Gasteiger partial charge in [0.05, 0.1) is 12.1 Å². The predicted molar refractivity (Wildman–Crippen MR) is 105 cm³/mol. The minimum absolute atomic E-state index is 0.0195. The smallest absolute Gasteiger partial charge is 0.226 e. The van der Waals surface area contributed by atoms with Crippen LogP contribution in [0, 0.1) is 37.0 Å². The van der Waals surface area contributed by atoms with Gasteiger partial charge in [-0.25, -0.2) is 0 Å². The molecule has 2 N–H and O–H groups in total. The average molecular weight is 375 g/mol. The fraction of sp³-hybridized carbons (Fsp3) is 0.762. The fourth-order valence-electron chi connectivity index (χ4n) is 5.04. The molecule has 1 aromatic heterocycles. The Bertz CT molecular complexity index is 702. The van der Waals surface area contributed by atoms with Crippen LogP contribution < -0.4 is 5.32 Å². The number of carbonyl (C=O) groups excluding carboxylic acids is 2. The quantitative estimate of drug-likeness (QED) is 0.803. The second-order valence-electron chi connectivity index (χ2n) is 9.24. The van der Waals surface area contributed by atoms with Crippen molar-refractivity contribution in [3.8, 4) is 0 Å². The first-order chi connectivity index (χ1) is 12.6. The van der Waals surface area contributed by atoms with Crippen LogP contribution in [-0.2, 0) is 16.0 Å². The Kier molecular flexibility index (Phi) is 5.37. The largest absolute Gasteiger partial charge is 0.354 e. The van der Waals surface area contributed by atoms with Gasteiger partial charge in [0.2, 0.25) is 11.8 Å². The number of hydrogen-bond acceptors (Lipinski definition) is 3. The highest BCUT2D eigenvalue weighted by Gasteiger charge is 2.56. The Morgan fingerprint density at radius 1 is 1.33 bits per heavy atom. The number of carbonyl (C=O) groups is 2. The Morgan fingerprint density at radius 2 is 2.04 bits per heavy atom. The first-order valence-electron chi connectivity index (χ1n) is 10.2. The van der Waals surface area contributed by atoms with Gasteiger partial charge >= 0.3 is 0 Å². The Labute approximate surface area is 162 Å². The van der Waals surface area contributed by atoms with Crippen LogP contribution in [-0.4, -0.2) is 46.5 Å². The Hall–Kier alpha value is -1.85. The molecule has 0 spiro atoms. The van der Waals surface area contributed by atoms with Crippen molar-refractivity contribution in [2.75, 3.05) is 13.6 Å². The van der Waals surface area contributed by atoms with Gasteiger partial charge in [0.1, 0.15) is 0 Å². The Balaban J connectivity index is 1.51. The van der Waals surface area contributed by atoms with Crippen molar-refractivity contribution in [1.29, 1.82) is 0 Å². The van der Waals surface area contributed by atoms with Gasteiger partial charge in [-0.05, 0) is 57.3 Å². The monoisotopic (exact) mass is 374 g/mol. The van der Waals surface area contributed by atoms with Crippen LogP contribution in [0.3, 0.4) is 0 Å². The third-order valence-corrected chi connectivity index (χ3v) is 7.40. The molecule has 1 unspecified atom stereocenters. The van der Waals surface area contributed by atoms with Crippen molar-refractivity contribution in [2.45, 2.75) is 66.3 Å². The molecular weight excluding hydrogens is 340 g/mol. The summed E-state index contributed by atoms with van der Waals surface area (Å²) in [6.07, 6.45) is 3.70. The van der Waals surface area contributed by atoms with Crippen molar-refractivity contribution in [3.05, 3.63) is 17.0 Å². The Morgan fingerprint density at radius 3 is 2.59 bits per heavy atom. The van der Waals surface area contributed by atoms with Crippen LogP contribution in [0.1, 0.15) is 57.0 Å². The third kappa shape index (κ3) is 3.63. The van der Waals surface area contributed by atoms with Gasteiger partial charge in [0.25, 0.3) is 0 Å². The number of amides is 2. The molecule has 3 aliphatic carbocycles. The maximum absolute atomic E-state index is 13.1. The normalized spacial score (nSPS) is 26.8. The highest BCUT2D eigenvalue weighted by molar-refractivity contribution is 5.81. The van der Waals surface area contributed by atoms with E-state index in [0.29, 0.717) is 24.3 Å². The number of aryl methyl sites for hydroxylation is 2. The minimum atomic E-state index is -0.0315. The van der Waals surface area contributed by atoms with Gasteiger partial charge in [0, 0.05) is 36.8 Å². The maximum Gasteiger partial charge on any atom is 0.226 e. The molecule has 150 valence electrons. The van der Waals surface area contributed by atoms with Crippen LogP contribution in [0.25, 0.3) is 0 Å². The lowest BCUT2D eigenvalue weighted by molar-refractivity contribution is -0.158. The molecule has 0 aromatic carbocycles. The van der Waals surface area contributed by atoms with E-state index in [1.807, 2.05) is 32.7 Å². The van der Waals surface area contributed by atoms with Crippen LogP contribution in [0.4, 0.5) is 0 Å². The van der Waals surface area contributed by atoms with E-state index in [1.54, 1.807) is 0 Å². The SMILES string of the molecule is Cc1n[nH]c(C)c1CC(=O)NCC(C)N(C)C(=O)[C@@H]1CC[C@H]2C[C@@H]1C2(C)C. The molecule has 0 saturated heterocycles. The zero-order chi connectivity index (χ0) is 19.9. The molecular formula is C21H34N4O2. The molecule has 1 heterocycles. The van der Waals surface area contributed by atoms with E-state index in [0.717, 1.165) is 29.3 Å². The number of aromatic nitrogens is 2. The molecule has 3 fully saturated rings. The zero-order valence-electron chi connectivity index (χ0n) is 17.6. The molecule has 1 aromatic rings. The first kappa shape index (κ1) is 19.9. The summed E-state index contributed by atoms with van der Waals surface area (Å²) in [4.78, 5) is 27.2. The van der Waals surface area contributed by atoms with Crippen LogP contribution in [0.2, 0.25) is 0 Å². The summed E-state index contributed by atoms with van der Waals surface area (Å²) in [5.74, 6) is 1.67. The number of nitrogens with zero attached hydrogens (tertiary/aromatic N) is 2. The molecule has 2 bridgehead atoms. The minimum Gasteiger partial charge on any atom is -0.354 e. The first-order valence-corrected chi connectivity index (χ1v) is 10.2. The third-order valence-electron chi connectivity index (χ3n) is 7.40. The van der Waals surface area contributed by atoms with Gasteiger partial charge in [-0.3, -0.25) is 14.7 Å². The van der Waals surface area contributed by atoms with E-state index in [2.05, 4.69) is 29.4 Å². The lowest BCUT2D eigenvalue weighted by atomic mass is 9.45. The van der Waals surface area contributed by atoms with Gasteiger partial charge in [-0.1, -0.05) is 13.8 Å². The predicted octanol–water partition coefficient (Wildman–Crippen LogP) is 2.60. The highest BCUT2D eigenvalue weighted by Crippen LogP contribution is 2.61. The van der Waals surface area contributed by atoms with Gasteiger partial charge in [-0.15, -0.1) is 0 Å². The van der Waals surface area contributed by atoms with Crippen LogP contribution >= 0.6 is 0 Å². The topological polar surface area (TPSA) is 78.1 Å². The summed E-state index contributed by atoms with van der Waals surface area (Å²) >= 11 is 0. The second-order valence-corrected chi connectivity index (χ2v) is 9.24. The zero-order valence-corrected chi connectivity index (χ0v) is 17.6. The molecule has 6 heteroatoms. The van der Waals surface area contributed by atoms with E-state index in [-0.39, 0.29) is 23.8 Å². The average Bonchev–Trinajstić information content (AvgIpc) is 2.96. The molecule has 4 rings (SSSR count). The molecule has 27 heavy (non-hydrogen) atoms. The van der Waals surface area contributed by atoms with E-state index >= 15 is 0 Å². The van der Waals surface area contributed by atoms with Gasteiger partial charge in [-0.2, -0.15) is 5.10 Å². The van der Waals surface area contributed by atoms with Crippen molar-refractivity contribution in [2.24, 2.45) is 23.2 Å². The number of fused-ring (bicyclic) bond motifs is 2. The van der Waals surface area contributed by atoms with Crippen molar-refractivity contribution in [3.63, 3.8) is 0 Å². The van der Waals surface area contributed by atoms with Crippen molar-refractivity contribution < 1.29 is 9.59 Å². The summed E-state index contributed by atoms with van der Waals surface area (Å²) < 4.78 is 0. The number of rotatable bonds is 6. The number of aromatic amines is 1. The van der Waals surface area contributed by atoms with Crippen LogP contribution in [0.5, 0.6) is 0 Å². The molecule has 0 radical (unpaired) electrons. The lowest BCUT2D eigenvalue weighted by Gasteiger charge is -2.60. The van der Waals surface area contributed by atoms with E-state index in [4.69, 9.17) is 0 Å². The molecule has 3 saturated carbocycles. The van der Waals surface area contributed by atoms with Crippen LogP contribution in [0.15, 0.2) is 0 Å². The summed E-state index contributed by atoms with van der Waals surface area (Å²) in [5, 5.41) is 10.0. The van der Waals surface area contributed by atoms with Gasteiger partial charge in [0.15, 0.2) is 0 Å². The standard InChI is InChI=1S/C21H34N4O2/c1-12(11-22-19(26)10-17-13(2)23-24-14(17)3)25(6)20(27)16-8-7-15-9-18(16)21(15,4)5/h12,15-16,18H,7-11H2,1-6H3,(H,22,26)(H,23,24)/t12?,15-,16+,18-/m0/s1. The summed E-state index contributed by atoms with van der Waals surface area (Å²) in [6.45, 7) is 10.9. The van der Waals surface area contributed by atoms with Gasteiger partial charge < -0.3 is 10.2 Å². The van der Waals surface area contributed by atoms with E-state index in [9.17, 15) is 9.59 Å². The summed E-state index contributed by atoms with van der Waals surface area (Å²) in [6, 6.07) is -0.0195. The van der Waals surface area contributed by atoms with Crippen molar-refractivity contribution in [1.82, 2.24) is 20.4 Å². The molecule has 6 nitrogen and oxygen atoms in total. The van der Waals surface area contributed by atoms with E-state index in [1.165, 1.54) is 12.8 Å². The molecule has 3 aliphatic rings. The second kappa shape index (κ2) is 7.28. The lowest BCUT2D eigenvalue weighted by Crippen LogP contribution is -2.57. The molecule has 0 aliphatic heterocycles. The molecule has 2 amide bonds. The highest BCUT2D eigenvalue weighted by atomic mass is 16.2. The van der Waals surface area contributed by atoms with E-state index < -0.39 is 0 Å². The molecule has 4 atom stereocenters. The summed E-state index contributed by atoms with van der Waals surface area (Å²) in [7, 11) is 1.88. The fourth-order valence-corrected chi connectivity index (χ4v) is 5.04.